The number of anilines is 1. The van der Waals surface area contributed by atoms with Gasteiger partial charge in [0.25, 0.3) is 0 Å². The van der Waals surface area contributed by atoms with Crippen molar-refractivity contribution in [3.8, 4) is 0 Å². The molecule has 0 fully saturated rings. The predicted molar refractivity (Wildman–Crippen MR) is 74.0 cm³/mol. The van der Waals surface area contributed by atoms with Gasteiger partial charge in [-0.3, -0.25) is 5.32 Å². The Labute approximate surface area is 112 Å². The summed E-state index contributed by atoms with van der Waals surface area (Å²) in [4.78, 5) is 11.8. The lowest BCUT2D eigenvalue weighted by atomic mass is 10.1. The van der Waals surface area contributed by atoms with E-state index in [1.807, 2.05) is 48.5 Å². The number of ether oxygens (including phenoxy) is 1. The van der Waals surface area contributed by atoms with Crippen LogP contribution < -0.4 is 5.32 Å². The van der Waals surface area contributed by atoms with E-state index in [-0.39, 0.29) is 6.10 Å². The van der Waals surface area contributed by atoms with E-state index in [4.69, 9.17) is 4.74 Å². The Kier molecular flexibility index (Phi) is 3.19. The Morgan fingerprint density at radius 2 is 1.79 bits per heavy atom. The van der Waals surface area contributed by atoms with Gasteiger partial charge in [0.05, 0.1) is 0 Å². The van der Waals surface area contributed by atoms with E-state index in [1.54, 1.807) is 0 Å². The van der Waals surface area contributed by atoms with Gasteiger partial charge in [-0.15, -0.1) is 0 Å². The lowest BCUT2D eigenvalue weighted by Gasteiger charge is -2.14. The molecule has 0 saturated heterocycles. The molecule has 2 aromatic rings. The molecule has 0 aliphatic heterocycles. The van der Waals surface area contributed by atoms with Crippen LogP contribution in [0.2, 0.25) is 0 Å². The number of hydrogen-bond donors (Lipinski definition) is 1. The standard InChI is InChI=1S/C16H15NO2/c18-16(17-13-7-2-1-3-8-13)19-15-11-10-12-6-4-5-9-14(12)15/h1-9,15H,10-11H2,(H,17,18). The third-order valence-electron chi connectivity index (χ3n) is 3.35. The number of aryl methyl sites for hydroxylation is 1. The summed E-state index contributed by atoms with van der Waals surface area (Å²) in [6, 6.07) is 17.5. The number of nitrogens with one attached hydrogen (secondary N) is 1. The number of carbonyl (C=O) groups excluding carboxylic acids is 1. The number of fused-ring (bicyclic) bond motifs is 1. The van der Waals surface area contributed by atoms with Crippen LogP contribution in [0, 0.1) is 0 Å². The minimum atomic E-state index is -0.395. The molecule has 0 heterocycles. The third-order valence-corrected chi connectivity index (χ3v) is 3.35. The average molecular weight is 253 g/mol. The molecule has 0 saturated carbocycles. The van der Waals surface area contributed by atoms with E-state index in [0.29, 0.717) is 0 Å². The first-order valence-corrected chi connectivity index (χ1v) is 6.43. The molecule has 1 N–H and O–H groups in total. The van der Waals surface area contributed by atoms with Gasteiger partial charge in [-0.05, 0) is 36.1 Å². The highest BCUT2D eigenvalue weighted by molar-refractivity contribution is 5.84. The molecule has 1 aliphatic carbocycles. The van der Waals surface area contributed by atoms with E-state index >= 15 is 0 Å². The largest absolute Gasteiger partial charge is 0.441 e. The van der Waals surface area contributed by atoms with Gasteiger partial charge in [0, 0.05) is 5.69 Å². The van der Waals surface area contributed by atoms with Crippen LogP contribution in [0.5, 0.6) is 0 Å². The van der Waals surface area contributed by atoms with Crippen molar-refractivity contribution >= 4 is 11.8 Å². The summed E-state index contributed by atoms with van der Waals surface area (Å²) in [5, 5.41) is 2.74. The molecule has 96 valence electrons. The highest BCUT2D eigenvalue weighted by Gasteiger charge is 2.25. The molecule has 0 aromatic heterocycles. The van der Waals surface area contributed by atoms with Crippen LogP contribution in [-0.4, -0.2) is 6.09 Å². The maximum atomic E-state index is 11.8. The molecule has 1 amide bonds. The minimum absolute atomic E-state index is 0.125. The van der Waals surface area contributed by atoms with Gasteiger partial charge < -0.3 is 4.74 Å². The molecule has 1 unspecified atom stereocenters. The van der Waals surface area contributed by atoms with Gasteiger partial charge in [0.2, 0.25) is 0 Å². The second-order valence-corrected chi connectivity index (χ2v) is 4.62. The summed E-state index contributed by atoms with van der Waals surface area (Å²) < 4.78 is 5.49. The van der Waals surface area contributed by atoms with E-state index in [2.05, 4.69) is 11.4 Å². The van der Waals surface area contributed by atoms with Gasteiger partial charge in [0.1, 0.15) is 6.10 Å². The van der Waals surface area contributed by atoms with Crippen LogP contribution in [0.4, 0.5) is 10.5 Å². The second kappa shape index (κ2) is 5.14. The van der Waals surface area contributed by atoms with Crippen LogP contribution in [-0.2, 0) is 11.2 Å². The van der Waals surface area contributed by atoms with E-state index in [1.165, 1.54) is 5.56 Å². The summed E-state index contributed by atoms with van der Waals surface area (Å²) in [5.41, 5.74) is 3.16. The van der Waals surface area contributed by atoms with Crippen molar-refractivity contribution in [3.63, 3.8) is 0 Å². The first-order valence-electron chi connectivity index (χ1n) is 6.43. The lowest BCUT2D eigenvalue weighted by Crippen LogP contribution is -2.16. The van der Waals surface area contributed by atoms with Crippen LogP contribution >= 0.6 is 0 Å². The van der Waals surface area contributed by atoms with Gasteiger partial charge in [-0.25, -0.2) is 4.79 Å². The highest BCUT2D eigenvalue weighted by Crippen LogP contribution is 2.33. The van der Waals surface area contributed by atoms with Crippen LogP contribution in [0.15, 0.2) is 54.6 Å². The molecule has 1 atom stereocenters. The van der Waals surface area contributed by atoms with Gasteiger partial charge in [0.15, 0.2) is 0 Å². The minimum Gasteiger partial charge on any atom is -0.441 e. The number of rotatable bonds is 2. The van der Waals surface area contributed by atoms with E-state index in [9.17, 15) is 4.79 Å². The van der Waals surface area contributed by atoms with E-state index < -0.39 is 6.09 Å². The molecule has 1 aliphatic rings. The normalized spacial score (nSPS) is 16.7. The molecule has 0 radical (unpaired) electrons. The lowest BCUT2D eigenvalue weighted by molar-refractivity contribution is 0.112. The van der Waals surface area contributed by atoms with E-state index in [0.717, 1.165) is 24.1 Å². The number of para-hydroxylation sites is 1. The smallest absolute Gasteiger partial charge is 0.412 e. The van der Waals surface area contributed by atoms with Crippen molar-refractivity contribution in [2.75, 3.05) is 5.32 Å². The highest BCUT2D eigenvalue weighted by atomic mass is 16.6. The third kappa shape index (κ3) is 2.60. The fourth-order valence-electron chi connectivity index (χ4n) is 2.44. The van der Waals surface area contributed by atoms with Gasteiger partial charge >= 0.3 is 6.09 Å². The number of carbonyl (C=O) groups is 1. The topological polar surface area (TPSA) is 38.3 Å². The molecule has 2 aromatic carbocycles. The SMILES string of the molecule is O=C(Nc1ccccc1)OC1CCc2ccccc21. The number of hydrogen-bond acceptors (Lipinski definition) is 2. The van der Waals surface area contributed by atoms with Crippen molar-refractivity contribution in [1.29, 1.82) is 0 Å². The van der Waals surface area contributed by atoms with Gasteiger partial charge in [-0.2, -0.15) is 0 Å². The van der Waals surface area contributed by atoms with Crippen molar-refractivity contribution in [2.45, 2.75) is 18.9 Å². The Morgan fingerprint density at radius 1 is 1.05 bits per heavy atom. The predicted octanol–water partition coefficient (Wildman–Crippen LogP) is 3.92. The van der Waals surface area contributed by atoms with Crippen LogP contribution in [0.25, 0.3) is 0 Å². The number of amides is 1. The Bertz CT molecular complexity index is 580. The summed E-state index contributed by atoms with van der Waals surface area (Å²) in [6.07, 6.45) is 1.31. The Morgan fingerprint density at radius 3 is 2.63 bits per heavy atom. The van der Waals surface area contributed by atoms with Crippen LogP contribution in [0.1, 0.15) is 23.7 Å². The van der Waals surface area contributed by atoms with Crippen LogP contribution in [0.3, 0.4) is 0 Å². The second-order valence-electron chi connectivity index (χ2n) is 4.62. The Hall–Kier alpha value is -2.29. The van der Waals surface area contributed by atoms with Crippen molar-refractivity contribution in [3.05, 3.63) is 65.7 Å². The fraction of sp³-hybridized carbons (Fsp3) is 0.188. The summed E-state index contributed by atoms with van der Waals surface area (Å²) >= 11 is 0. The molecule has 19 heavy (non-hydrogen) atoms. The zero-order valence-electron chi connectivity index (χ0n) is 10.5. The molecule has 3 heteroatoms. The first kappa shape index (κ1) is 11.8. The van der Waals surface area contributed by atoms with Gasteiger partial charge in [-0.1, -0.05) is 42.5 Å². The number of benzene rings is 2. The Balaban J connectivity index is 1.65. The zero-order valence-corrected chi connectivity index (χ0v) is 10.5. The summed E-state index contributed by atoms with van der Waals surface area (Å²) in [6.45, 7) is 0. The summed E-state index contributed by atoms with van der Waals surface area (Å²) in [7, 11) is 0. The van der Waals surface area contributed by atoms with Crippen molar-refractivity contribution in [1.82, 2.24) is 0 Å². The van der Waals surface area contributed by atoms with Crippen molar-refractivity contribution in [2.24, 2.45) is 0 Å². The molecule has 0 spiro atoms. The first-order chi connectivity index (χ1) is 9.33. The molecule has 3 nitrogen and oxygen atoms in total. The molecule has 3 rings (SSSR count). The summed E-state index contributed by atoms with van der Waals surface area (Å²) in [5.74, 6) is 0. The maximum Gasteiger partial charge on any atom is 0.412 e. The molecule has 0 bridgehead atoms. The quantitative estimate of drug-likeness (QED) is 0.880. The van der Waals surface area contributed by atoms with Crippen molar-refractivity contribution < 1.29 is 9.53 Å². The molecular weight excluding hydrogens is 238 g/mol. The molecular formula is C16H15NO2. The fourth-order valence-corrected chi connectivity index (χ4v) is 2.44. The monoisotopic (exact) mass is 253 g/mol. The zero-order chi connectivity index (χ0) is 13.1. The maximum absolute atomic E-state index is 11.8. The average Bonchev–Trinajstić information content (AvgIpc) is 2.83.